The van der Waals surface area contributed by atoms with Crippen LogP contribution in [0.25, 0.3) is 0 Å². The highest BCUT2D eigenvalue weighted by Crippen LogP contribution is 2.33. The maximum atomic E-state index is 13.8. The van der Waals surface area contributed by atoms with Crippen LogP contribution in [0.3, 0.4) is 0 Å². The topological polar surface area (TPSA) is 80.3 Å². The molecule has 25 heavy (non-hydrogen) atoms. The molecule has 1 heterocycles. The van der Waals surface area contributed by atoms with E-state index in [4.69, 9.17) is 0 Å². The van der Waals surface area contributed by atoms with E-state index in [1.807, 2.05) is 5.32 Å². The summed E-state index contributed by atoms with van der Waals surface area (Å²) in [4.78, 5) is 28.1. The molecule has 1 amide bonds. The number of hydrogen-bond donors (Lipinski definition) is 2. The monoisotopic (exact) mass is 361 g/mol. The van der Waals surface area contributed by atoms with Crippen molar-refractivity contribution in [3.05, 3.63) is 23.9 Å². The number of halogens is 3. The second-order valence-corrected chi connectivity index (χ2v) is 5.90. The van der Waals surface area contributed by atoms with Crippen LogP contribution >= 0.6 is 0 Å². The molecule has 1 aromatic heterocycles. The molecule has 0 radical (unpaired) electrons. The van der Waals surface area contributed by atoms with Crippen molar-refractivity contribution in [3.8, 4) is 0 Å². The van der Waals surface area contributed by atoms with E-state index in [2.05, 4.69) is 9.72 Å². The SMILES string of the molecule is CCOC(=O)[C@](NC(=O)CC(C)C)(Nc1cccc(C)n1)C(F)(F)F. The molecule has 0 aromatic carbocycles. The van der Waals surface area contributed by atoms with E-state index >= 15 is 0 Å². The number of anilines is 1. The van der Waals surface area contributed by atoms with Crippen LogP contribution in [0.1, 0.15) is 32.9 Å². The van der Waals surface area contributed by atoms with Crippen molar-refractivity contribution >= 4 is 17.7 Å². The van der Waals surface area contributed by atoms with E-state index in [-0.39, 0.29) is 24.8 Å². The highest BCUT2D eigenvalue weighted by atomic mass is 19.4. The van der Waals surface area contributed by atoms with Gasteiger partial charge >= 0.3 is 17.8 Å². The lowest BCUT2D eigenvalue weighted by molar-refractivity contribution is -0.208. The number of esters is 1. The largest absolute Gasteiger partial charge is 0.463 e. The maximum absolute atomic E-state index is 13.8. The molecular weight excluding hydrogens is 339 g/mol. The number of carbonyl (C=O) groups excluding carboxylic acids is 2. The second-order valence-electron chi connectivity index (χ2n) is 5.90. The van der Waals surface area contributed by atoms with Gasteiger partial charge in [0, 0.05) is 12.1 Å². The Morgan fingerprint density at radius 2 is 1.92 bits per heavy atom. The zero-order chi connectivity index (χ0) is 19.3. The highest BCUT2D eigenvalue weighted by Gasteiger charge is 2.63. The summed E-state index contributed by atoms with van der Waals surface area (Å²) in [6, 6.07) is 4.33. The lowest BCUT2D eigenvalue weighted by Crippen LogP contribution is -2.69. The van der Waals surface area contributed by atoms with E-state index in [9.17, 15) is 22.8 Å². The fourth-order valence-electron chi connectivity index (χ4n) is 2.07. The third-order valence-corrected chi connectivity index (χ3v) is 3.13. The van der Waals surface area contributed by atoms with Gasteiger partial charge in [0.25, 0.3) is 0 Å². The number of ether oxygens (including phenoxy) is 1. The number of aromatic nitrogens is 1. The molecule has 6 nitrogen and oxygen atoms in total. The Morgan fingerprint density at radius 3 is 2.40 bits per heavy atom. The van der Waals surface area contributed by atoms with Gasteiger partial charge in [0.1, 0.15) is 5.82 Å². The van der Waals surface area contributed by atoms with Crippen LogP contribution in [0.15, 0.2) is 18.2 Å². The van der Waals surface area contributed by atoms with Crippen molar-refractivity contribution in [2.75, 3.05) is 11.9 Å². The first-order chi connectivity index (χ1) is 11.5. The van der Waals surface area contributed by atoms with Gasteiger partial charge in [-0.15, -0.1) is 0 Å². The van der Waals surface area contributed by atoms with Crippen molar-refractivity contribution in [1.29, 1.82) is 0 Å². The van der Waals surface area contributed by atoms with Crippen molar-refractivity contribution in [2.24, 2.45) is 5.92 Å². The van der Waals surface area contributed by atoms with Crippen LogP contribution in [0, 0.1) is 12.8 Å². The third kappa shape index (κ3) is 5.33. The van der Waals surface area contributed by atoms with Gasteiger partial charge in [0.2, 0.25) is 5.91 Å². The molecule has 0 aliphatic heterocycles. The number of pyridine rings is 1. The molecule has 2 N–H and O–H groups in total. The highest BCUT2D eigenvalue weighted by molar-refractivity contribution is 5.91. The summed E-state index contributed by atoms with van der Waals surface area (Å²) in [5.41, 5.74) is -2.98. The molecule has 0 aliphatic rings. The van der Waals surface area contributed by atoms with E-state index in [0.717, 1.165) is 0 Å². The van der Waals surface area contributed by atoms with Crippen LogP contribution in [-0.2, 0) is 14.3 Å². The van der Waals surface area contributed by atoms with Crippen LogP contribution < -0.4 is 10.6 Å². The van der Waals surface area contributed by atoms with Crippen LogP contribution in [-0.4, -0.2) is 35.3 Å². The van der Waals surface area contributed by atoms with Gasteiger partial charge in [0.05, 0.1) is 6.61 Å². The Bertz CT molecular complexity index is 620. The van der Waals surface area contributed by atoms with Gasteiger partial charge < -0.3 is 15.4 Å². The predicted molar refractivity (Wildman–Crippen MR) is 85.6 cm³/mol. The number of nitrogens with one attached hydrogen (secondary N) is 2. The zero-order valence-corrected chi connectivity index (χ0v) is 14.5. The maximum Gasteiger partial charge on any atom is 0.441 e. The average molecular weight is 361 g/mol. The molecule has 0 bridgehead atoms. The molecule has 0 saturated heterocycles. The molecule has 1 aromatic rings. The van der Waals surface area contributed by atoms with Crippen molar-refractivity contribution in [1.82, 2.24) is 10.3 Å². The van der Waals surface area contributed by atoms with Crippen molar-refractivity contribution in [2.45, 2.75) is 46.0 Å². The fourth-order valence-corrected chi connectivity index (χ4v) is 2.07. The number of rotatable bonds is 7. The average Bonchev–Trinajstić information content (AvgIpc) is 2.44. The smallest absolute Gasteiger partial charge is 0.441 e. The number of hydrogen-bond acceptors (Lipinski definition) is 5. The first kappa shape index (κ1) is 20.7. The molecule has 9 heteroatoms. The molecular formula is C16H22F3N3O3. The Labute approximate surface area is 144 Å². The number of alkyl halides is 3. The Hall–Kier alpha value is -2.32. The van der Waals surface area contributed by atoms with Crippen molar-refractivity contribution in [3.63, 3.8) is 0 Å². The Kier molecular flexibility index (Phi) is 6.78. The summed E-state index contributed by atoms with van der Waals surface area (Å²) < 4.78 is 46.1. The minimum Gasteiger partial charge on any atom is -0.463 e. The van der Waals surface area contributed by atoms with Crippen LogP contribution in [0.5, 0.6) is 0 Å². The second kappa shape index (κ2) is 8.17. The number of aryl methyl sites for hydroxylation is 1. The van der Waals surface area contributed by atoms with Gasteiger partial charge in [-0.1, -0.05) is 19.9 Å². The molecule has 0 unspecified atom stereocenters. The van der Waals surface area contributed by atoms with E-state index < -0.39 is 23.7 Å². The fraction of sp³-hybridized carbons (Fsp3) is 0.562. The van der Waals surface area contributed by atoms with Crippen LogP contribution in [0.4, 0.5) is 19.0 Å². The third-order valence-electron chi connectivity index (χ3n) is 3.13. The molecule has 0 saturated carbocycles. The molecule has 1 atom stereocenters. The summed E-state index contributed by atoms with van der Waals surface area (Å²) in [5.74, 6) is -2.98. The summed E-state index contributed by atoms with van der Waals surface area (Å²) >= 11 is 0. The Morgan fingerprint density at radius 1 is 1.28 bits per heavy atom. The van der Waals surface area contributed by atoms with E-state index in [1.165, 1.54) is 19.1 Å². The summed E-state index contributed by atoms with van der Waals surface area (Å²) in [7, 11) is 0. The van der Waals surface area contributed by atoms with Crippen LogP contribution in [0.2, 0.25) is 0 Å². The standard InChI is InChI=1S/C16H22F3N3O3/c1-5-25-14(24)15(16(17,18)19,22-13(23)9-10(2)3)21-12-8-6-7-11(4)20-12/h6-8,10H,5,9H2,1-4H3,(H,20,21)(H,22,23)/t15-/m1/s1. The molecule has 0 spiro atoms. The van der Waals surface area contributed by atoms with Crippen molar-refractivity contribution < 1.29 is 27.5 Å². The quantitative estimate of drug-likeness (QED) is 0.577. The number of amides is 1. The summed E-state index contributed by atoms with van der Waals surface area (Å²) in [6.45, 7) is 6.03. The predicted octanol–water partition coefficient (Wildman–Crippen LogP) is 2.79. The number of carbonyl (C=O) groups is 2. The molecule has 1 rings (SSSR count). The van der Waals surface area contributed by atoms with Gasteiger partial charge in [-0.05, 0) is 31.9 Å². The Balaban J connectivity index is 3.33. The minimum atomic E-state index is -5.16. The van der Waals surface area contributed by atoms with E-state index in [1.54, 1.807) is 32.2 Å². The molecule has 140 valence electrons. The van der Waals surface area contributed by atoms with E-state index in [0.29, 0.717) is 5.69 Å². The van der Waals surface area contributed by atoms with Gasteiger partial charge in [-0.25, -0.2) is 9.78 Å². The van der Waals surface area contributed by atoms with Gasteiger partial charge in [-0.2, -0.15) is 13.2 Å². The summed E-state index contributed by atoms with van der Waals surface area (Å²) in [6.07, 6.45) is -5.34. The number of nitrogens with zero attached hydrogens (tertiary/aromatic N) is 1. The zero-order valence-electron chi connectivity index (χ0n) is 14.5. The van der Waals surface area contributed by atoms with Gasteiger partial charge in [0.15, 0.2) is 0 Å². The molecule has 0 fully saturated rings. The lowest BCUT2D eigenvalue weighted by Gasteiger charge is -2.35. The molecule has 0 aliphatic carbocycles. The normalized spacial score (nSPS) is 13.9. The first-order valence-electron chi connectivity index (χ1n) is 7.78. The first-order valence-corrected chi connectivity index (χ1v) is 7.78. The lowest BCUT2D eigenvalue weighted by atomic mass is 10.1. The van der Waals surface area contributed by atoms with Gasteiger partial charge in [-0.3, -0.25) is 4.79 Å². The summed E-state index contributed by atoms with van der Waals surface area (Å²) in [5, 5.41) is 3.78. The minimum absolute atomic E-state index is 0.180.